The Morgan fingerprint density at radius 3 is 1.26 bits per heavy atom. The molecule has 0 fully saturated rings. The van der Waals surface area contributed by atoms with Gasteiger partial charge in [-0.1, -0.05) is 237 Å². The van der Waals surface area contributed by atoms with E-state index in [1.54, 1.807) is 0 Å². The van der Waals surface area contributed by atoms with Crippen LogP contribution in [0.25, 0.3) is 0 Å². The summed E-state index contributed by atoms with van der Waals surface area (Å²) < 4.78 is 27.0. The summed E-state index contributed by atoms with van der Waals surface area (Å²) >= 11 is 0. The number of phosphoric acid groups is 1. The highest BCUT2D eigenvalue weighted by molar-refractivity contribution is 7.47. The first kappa shape index (κ1) is 64.0. The van der Waals surface area contributed by atoms with Gasteiger partial charge >= 0.3 is 19.8 Å². The fourth-order valence-corrected chi connectivity index (χ4v) is 8.77. The maximum Gasteiger partial charge on any atom is 0.472 e. The van der Waals surface area contributed by atoms with Gasteiger partial charge in [-0.2, -0.15) is 0 Å². The molecule has 3 atom stereocenters. The molecule has 0 saturated heterocycles. The Labute approximate surface area is 404 Å². The van der Waals surface area contributed by atoms with Crippen LogP contribution in [0.15, 0.2) is 24.3 Å². The van der Waals surface area contributed by atoms with Crippen LogP contribution in [-0.4, -0.2) is 64.9 Å². The summed E-state index contributed by atoms with van der Waals surface area (Å²) in [5.74, 6) is -2.36. The van der Waals surface area contributed by atoms with Crippen LogP contribution in [0.2, 0.25) is 0 Å². The number of nitrogens with one attached hydrogen (secondary N) is 1. The topological polar surface area (TPSA) is 169 Å². The molecule has 1 amide bonds. The van der Waals surface area contributed by atoms with Gasteiger partial charge < -0.3 is 25.2 Å². The lowest BCUT2D eigenvalue weighted by Gasteiger charge is -2.18. The molecule has 0 heterocycles. The van der Waals surface area contributed by atoms with E-state index in [1.165, 1.54) is 180 Å². The van der Waals surface area contributed by atoms with Gasteiger partial charge in [0, 0.05) is 12.8 Å². The second kappa shape index (κ2) is 49.4. The molecule has 0 spiro atoms. The van der Waals surface area contributed by atoms with Gasteiger partial charge in [-0.3, -0.25) is 18.6 Å². The molecule has 3 unspecified atom stereocenters. The normalized spacial score (nSPS) is 13.6. The molecule has 11 nitrogen and oxygen atoms in total. The van der Waals surface area contributed by atoms with Crippen molar-refractivity contribution >= 4 is 25.7 Å². The third kappa shape index (κ3) is 48.4. The van der Waals surface area contributed by atoms with Crippen LogP contribution in [0.3, 0.4) is 0 Å². The van der Waals surface area contributed by atoms with Gasteiger partial charge in [0.05, 0.1) is 13.2 Å². The number of esters is 1. The number of hydrogen-bond acceptors (Lipinski definition) is 8. The minimum atomic E-state index is -4.76. The van der Waals surface area contributed by atoms with Crippen LogP contribution < -0.4 is 5.32 Å². The van der Waals surface area contributed by atoms with Crippen molar-refractivity contribution in [2.24, 2.45) is 0 Å². The highest BCUT2D eigenvalue weighted by Crippen LogP contribution is 2.43. The first-order chi connectivity index (χ1) is 32.1. The lowest BCUT2D eigenvalue weighted by atomic mass is 10.0. The fraction of sp³-hybridized carbons (Fsp3) is 0.870. The zero-order valence-corrected chi connectivity index (χ0v) is 43.4. The molecule has 4 N–H and O–H groups in total. The number of rotatable bonds is 52. The molecule has 0 radical (unpaired) electrons. The number of allylic oxidation sites excluding steroid dienone is 4. The molecule has 0 aliphatic heterocycles. The van der Waals surface area contributed by atoms with Gasteiger partial charge in [0.15, 0.2) is 6.04 Å². The smallest absolute Gasteiger partial charge is 0.472 e. The van der Waals surface area contributed by atoms with E-state index in [0.717, 1.165) is 51.4 Å². The number of carbonyl (C=O) groups is 3. The quantitative estimate of drug-likeness (QED) is 0.0199. The van der Waals surface area contributed by atoms with Gasteiger partial charge in [-0.25, -0.2) is 9.36 Å². The van der Waals surface area contributed by atoms with Crippen molar-refractivity contribution in [2.45, 2.75) is 283 Å². The summed E-state index contributed by atoms with van der Waals surface area (Å²) in [6, 6.07) is -1.54. The van der Waals surface area contributed by atoms with Crippen LogP contribution >= 0.6 is 7.82 Å². The Morgan fingerprint density at radius 1 is 0.485 bits per heavy atom. The standard InChI is InChI=1S/C54H102NO10P/c1-3-5-7-9-11-13-15-17-19-21-23-24-25-26-28-29-31-33-35-37-39-41-43-45-52(57)55-51(54(59)60)49-65-66(61,62)64-48-50(56)47-63-53(58)46-44-42-40-38-36-34-32-30-27-22-20-18-16-14-12-10-8-6-4-2/h12,14,18,20,50-51,56H,3-11,13,15-17,19,21-49H2,1-2H3,(H,55,57)(H,59,60)(H,61,62)/b14-12-,20-18-. The molecule has 0 saturated carbocycles. The number of carbonyl (C=O) groups excluding carboxylic acids is 2. The third-order valence-corrected chi connectivity index (χ3v) is 13.2. The maximum absolute atomic E-state index is 12.4. The molecular weight excluding hydrogens is 854 g/mol. The lowest BCUT2D eigenvalue weighted by molar-refractivity contribution is -0.147. The van der Waals surface area contributed by atoms with Crippen LogP contribution in [0.4, 0.5) is 0 Å². The maximum atomic E-state index is 12.4. The van der Waals surface area contributed by atoms with Gasteiger partial charge in [0.2, 0.25) is 5.91 Å². The van der Waals surface area contributed by atoms with Gasteiger partial charge in [0.25, 0.3) is 0 Å². The lowest BCUT2D eigenvalue weighted by Crippen LogP contribution is -2.43. The number of ether oxygens (including phenoxy) is 1. The Morgan fingerprint density at radius 2 is 0.833 bits per heavy atom. The molecule has 388 valence electrons. The minimum absolute atomic E-state index is 0.151. The van der Waals surface area contributed by atoms with Crippen LogP contribution in [0.5, 0.6) is 0 Å². The van der Waals surface area contributed by atoms with Crippen molar-refractivity contribution in [3.05, 3.63) is 24.3 Å². The van der Waals surface area contributed by atoms with Crippen LogP contribution in [0.1, 0.15) is 271 Å². The number of hydrogen-bond donors (Lipinski definition) is 4. The van der Waals surface area contributed by atoms with E-state index in [1.807, 2.05) is 0 Å². The van der Waals surface area contributed by atoms with Gasteiger partial charge in [0.1, 0.15) is 12.7 Å². The zero-order valence-electron chi connectivity index (χ0n) is 42.5. The molecular formula is C54H102NO10P. The van der Waals surface area contributed by atoms with E-state index in [4.69, 9.17) is 13.8 Å². The number of amides is 1. The van der Waals surface area contributed by atoms with Crippen LogP contribution in [0, 0.1) is 0 Å². The molecule has 12 heteroatoms. The third-order valence-electron chi connectivity index (χ3n) is 12.2. The number of aliphatic hydroxyl groups excluding tert-OH is 1. The summed E-state index contributed by atoms with van der Waals surface area (Å²) in [4.78, 5) is 46.2. The summed E-state index contributed by atoms with van der Waals surface area (Å²) in [6.45, 7) is 2.62. The van der Waals surface area contributed by atoms with E-state index >= 15 is 0 Å². The second-order valence-electron chi connectivity index (χ2n) is 18.8. The number of phosphoric ester groups is 1. The molecule has 0 aromatic carbocycles. The van der Waals surface area contributed by atoms with Crippen molar-refractivity contribution in [2.75, 3.05) is 19.8 Å². The number of carboxylic acids is 1. The summed E-state index contributed by atoms with van der Waals surface area (Å²) in [5, 5.41) is 22.0. The molecule has 0 aromatic rings. The van der Waals surface area contributed by atoms with Crippen molar-refractivity contribution in [1.29, 1.82) is 0 Å². The summed E-state index contributed by atoms with van der Waals surface area (Å²) in [7, 11) is -4.76. The summed E-state index contributed by atoms with van der Waals surface area (Å²) in [6.07, 6.45) is 54.9. The fourth-order valence-electron chi connectivity index (χ4n) is 8.00. The average Bonchev–Trinajstić information content (AvgIpc) is 3.29. The first-order valence-electron chi connectivity index (χ1n) is 27.4. The van der Waals surface area contributed by atoms with Crippen molar-refractivity contribution in [3.8, 4) is 0 Å². The Balaban J connectivity index is 3.77. The molecule has 66 heavy (non-hydrogen) atoms. The average molecular weight is 956 g/mol. The second-order valence-corrected chi connectivity index (χ2v) is 20.2. The SMILES string of the molecule is CCCCC/C=C\C/C=C\CCCCCCCCCCCC(=O)OCC(O)COP(=O)(O)OCC(NC(=O)CCCCCCCCCCCCCCCCCCCCCCCCC)C(=O)O. The first-order valence-corrected chi connectivity index (χ1v) is 28.9. The highest BCUT2D eigenvalue weighted by atomic mass is 31.2. The predicted octanol–water partition coefficient (Wildman–Crippen LogP) is 15.3. The predicted molar refractivity (Wildman–Crippen MR) is 273 cm³/mol. The molecule has 0 aliphatic carbocycles. The Bertz CT molecular complexity index is 1210. The van der Waals surface area contributed by atoms with Crippen LogP contribution in [-0.2, 0) is 32.7 Å². The van der Waals surface area contributed by atoms with Gasteiger partial charge in [-0.15, -0.1) is 0 Å². The van der Waals surface area contributed by atoms with Crippen molar-refractivity contribution in [3.63, 3.8) is 0 Å². The molecule has 0 aliphatic rings. The number of carboxylic acid groups (broad SMARTS) is 1. The van der Waals surface area contributed by atoms with Crippen molar-refractivity contribution < 1.29 is 47.8 Å². The number of unbranched alkanes of at least 4 members (excludes halogenated alkanes) is 34. The highest BCUT2D eigenvalue weighted by Gasteiger charge is 2.28. The van der Waals surface area contributed by atoms with Crippen molar-refractivity contribution in [1.82, 2.24) is 5.32 Å². The largest absolute Gasteiger partial charge is 0.480 e. The summed E-state index contributed by atoms with van der Waals surface area (Å²) in [5.41, 5.74) is 0. The van der Waals surface area contributed by atoms with E-state index in [0.29, 0.717) is 12.8 Å². The van der Waals surface area contributed by atoms with E-state index in [2.05, 4.69) is 43.5 Å². The van der Waals surface area contributed by atoms with E-state index in [9.17, 15) is 34.1 Å². The monoisotopic (exact) mass is 956 g/mol. The Kier molecular flexibility index (Phi) is 47.9. The zero-order chi connectivity index (χ0) is 48.4. The molecule has 0 bridgehead atoms. The number of aliphatic hydroxyl groups is 1. The van der Waals surface area contributed by atoms with E-state index in [-0.39, 0.29) is 12.8 Å². The Hall–Kier alpha value is -2.04. The van der Waals surface area contributed by atoms with E-state index < -0.39 is 57.6 Å². The number of aliphatic carboxylic acids is 1. The molecule has 0 rings (SSSR count). The van der Waals surface area contributed by atoms with Gasteiger partial charge in [-0.05, 0) is 44.9 Å². The molecule has 0 aromatic heterocycles. The minimum Gasteiger partial charge on any atom is -0.480 e.